The third kappa shape index (κ3) is 2.09. The Hall–Kier alpha value is -1.31. The lowest BCUT2D eigenvalue weighted by atomic mass is 10.2. The molecule has 1 aliphatic rings. The maximum atomic E-state index is 10.3. The maximum Gasteiger partial charge on any atom is 0.139 e. The van der Waals surface area contributed by atoms with Gasteiger partial charge in [-0.1, -0.05) is 19.1 Å². The van der Waals surface area contributed by atoms with Crippen molar-refractivity contribution in [1.29, 1.82) is 0 Å². The molecule has 0 aromatic rings. The van der Waals surface area contributed by atoms with Gasteiger partial charge in [-0.15, -0.1) is 0 Å². The predicted molar refractivity (Wildman–Crippen MR) is 49.4 cm³/mol. The Morgan fingerprint density at radius 2 is 2.33 bits per heavy atom. The Kier molecular flexibility index (Phi) is 3.33. The molecule has 0 unspecified atom stereocenters. The summed E-state index contributed by atoms with van der Waals surface area (Å²) in [5.74, 6) is 0. The first-order chi connectivity index (χ1) is 5.88. The highest BCUT2D eigenvalue weighted by Crippen LogP contribution is 2.11. The average Bonchev–Trinajstić information content (AvgIpc) is 2.09. The van der Waals surface area contributed by atoms with Gasteiger partial charge in [-0.05, 0) is 18.6 Å². The minimum atomic E-state index is 0.437. The normalized spacial score (nSPS) is 18.8. The second-order valence-corrected chi connectivity index (χ2v) is 2.56. The van der Waals surface area contributed by atoms with Crippen LogP contribution in [0.1, 0.15) is 13.3 Å². The van der Waals surface area contributed by atoms with Crippen molar-refractivity contribution in [3.05, 3.63) is 36.2 Å². The van der Waals surface area contributed by atoms with Crippen molar-refractivity contribution in [3.63, 3.8) is 0 Å². The third-order valence-corrected chi connectivity index (χ3v) is 1.66. The minimum Gasteiger partial charge on any atom is -0.341 e. The van der Waals surface area contributed by atoms with E-state index in [4.69, 9.17) is 0 Å². The minimum absolute atomic E-state index is 0.437. The zero-order chi connectivity index (χ0) is 8.81. The van der Waals surface area contributed by atoms with Gasteiger partial charge in [0, 0.05) is 11.9 Å². The summed E-state index contributed by atoms with van der Waals surface area (Å²) in [4.78, 5) is 12.2. The van der Waals surface area contributed by atoms with Gasteiger partial charge in [-0.25, -0.2) is 0 Å². The van der Waals surface area contributed by atoms with Crippen LogP contribution in [0.25, 0.3) is 0 Å². The maximum absolute atomic E-state index is 10.3. The van der Waals surface area contributed by atoms with Crippen LogP contribution in [0.15, 0.2) is 36.2 Å². The van der Waals surface area contributed by atoms with Crippen LogP contribution in [0, 0.1) is 0 Å². The number of carbonyl (C=O) groups is 1. The lowest BCUT2D eigenvalue weighted by Gasteiger charge is -2.20. The first kappa shape index (κ1) is 8.78. The van der Waals surface area contributed by atoms with Gasteiger partial charge in [-0.2, -0.15) is 0 Å². The van der Waals surface area contributed by atoms with Crippen molar-refractivity contribution in [3.8, 4) is 0 Å². The van der Waals surface area contributed by atoms with Gasteiger partial charge < -0.3 is 9.69 Å². The van der Waals surface area contributed by atoms with Crippen molar-refractivity contribution < 1.29 is 4.79 Å². The molecule has 0 amide bonds. The highest BCUT2D eigenvalue weighted by Gasteiger charge is 2.03. The Labute approximate surface area is 72.9 Å². The van der Waals surface area contributed by atoms with Crippen LogP contribution in [-0.4, -0.2) is 17.7 Å². The molecular formula is C10H13NO. The van der Waals surface area contributed by atoms with Crippen molar-refractivity contribution in [2.24, 2.45) is 0 Å². The molecule has 0 saturated carbocycles. The number of carbonyl (C=O) groups excluding carboxylic acids is 1. The second kappa shape index (κ2) is 4.54. The fourth-order valence-corrected chi connectivity index (χ4v) is 1.13. The monoisotopic (exact) mass is 163 g/mol. The van der Waals surface area contributed by atoms with E-state index in [0.717, 1.165) is 18.4 Å². The smallest absolute Gasteiger partial charge is 0.139 e. The summed E-state index contributed by atoms with van der Waals surface area (Å²) in [6, 6.07) is 0. The summed E-state index contributed by atoms with van der Waals surface area (Å²) in [5.41, 5.74) is 1.10. The van der Waals surface area contributed by atoms with E-state index in [1.54, 1.807) is 0 Å². The summed E-state index contributed by atoms with van der Waals surface area (Å²) < 4.78 is 0. The topological polar surface area (TPSA) is 20.3 Å². The van der Waals surface area contributed by atoms with Gasteiger partial charge in [0.25, 0.3) is 0 Å². The van der Waals surface area contributed by atoms with E-state index in [1.807, 2.05) is 29.3 Å². The van der Waals surface area contributed by atoms with E-state index in [1.165, 1.54) is 0 Å². The van der Waals surface area contributed by atoms with E-state index < -0.39 is 0 Å². The molecule has 0 bridgehead atoms. The number of allylic oxidation sites excluding steroid dienone is 4. The highest BCUT2D eigenvalue weighted by molar-refractivity contribution is 5.53. The summed E-state index contributed by atoms with van der Waals surface area (Å²) >= 11 is 0. The SMILES string of the molecule is CC/C=C1/C=CC=CN1CC=O. The van der Waals surface area contributed by atoms with Crippen LogP contribution in [-0.2, 0) is 4.79 Å². The van der Waals surface area contributed by atoms with E-state index >= 15 is 0 Å². The number of rotatable bonds is 3. The lowest BCUT2D eigenvalue weighted by molar-refractivity contribution is -0.108. The number of nitrogens with zero attached hydrogens (tertiary/aromatic N) is 1. The fraction of sp³-hybridized carbons (Fsp3) is 0.300. The van der Waals surface area contributed by atoms with Gasteiger partial charge in [-0.3, -0.25) is 0 Å². The average molecular weight is 163 g/mol. The Balaban J connectivity index is 2.70. The molecule has 1 heterocycles. The first-order valence-corrected chi connectivity index (χ1v) is 4.13. The van der Waals surface area contributed by atoms with E-state index in [2.05, 4.69) is 13.0 Å². The molecule has 0 aromatic carbocycles. The third-order valence-electron chi connectivity index (χ3n) is 1.66. The Bertz CT molecular complexity index is 238. The molecule has 0 spiro atoms. The molecule has 0 atom stereocenters. The molecule has 2 nitrogen and oxygen atoms in total. The van der Waals surface area contributed by atoms with E-state index in [9.17, 15) is 4.79 Å². The summed E-state index contributed by atoms with van der Waals surface area (Å²) in [6.07, 6.45) is 11.8. The van der Waals surface area contributed by atoms with Crippen LogP contribution in [0.5, 0.6) is 0 Å². The van der Waals surface area contributed by atoms with Crippen LogP contribution in [0.3, 0.4) is 0 Å². The quantitative estimate of drug-likeness (QED) is 0.592. The molecule has 0 radical (unpaired) electrons. The van der Waals surface area contributed by atoms with Crippen LogP contribution in [0.2, 0.25) is 0 Å². The van der Waals surface area contributed by atoms with Crippen LogP contribution in [0.4, 0.5) is 0 Å². The van der Waals surface area contributed by atoms with Crippen LogP contribution < -0.4 is 0 Å². The summed E-state index contributed by atoms with van der Waals surface area (Å²) in [6.45, 7) is 2.52. The zero-order valence-corrected chi connectivity index (χ0v) is 7.23. The zero-order valence-electron chi connectivity index (χ0n) is 7.23. The first-order valence-electron chi connectivity index (χ1n) is 4.13. The summed E-state index contributed by atoms with van der Waals surface area (Å²) in [5, 5.41) is 0. The Morgan fingerprint density at radius 1 is 1.50 bits per heavy atom. The molecule has 2 heteroatoms. The van der Waals surface area contributed by atoms with Gasteiger partial charge in [0.2, 0.25) is 0 Å². The fourth-order valence-electron chi connectivity index (χ4n) is 1.13. The van der Waals surface area contributed by atoms with Crippen LogP contribution >= 0.6 is 0 Å². The van der Waals surface area contributed by atoms with Gasteiger partial charge in [0.1, 0.15) is 6.29 Å². The molecule has 0 fully saturated rings. The standard InChI is InChI=1S/C10H13NO/c1-2-5-10-6-3-4-7-11(10)8-9-12/h3-7,9H,2,8H2,1H3/b10-5-. The van der Waals surface area contributed by atoms with Crippen molar-refractivity contribution in [2.75, 3.05) is 6.54 Å². The molecule has 64 valence electrons. The molecule has 1 aliphatic heterocycles. The van der Waals surface area contributed by atoms with Gasteiger partial charge >= 0.3 is 0 Å². The lowest BCUT2D eigenvalue weighted by Crippen LogP contribution is -2.19. The second-order valence-electron chi connectivity index (χ2n) is 2.56. The predicted octanol–water partition coefficient (Wildman–Crippen LogP) is 1.86. The molecule has 12 heavy (non-hydrogen) atoms. The number of hydrogen-bond donors (Lipinski definition) is 0. The number of hydrogen-bond acceptors (Lipinski definition) is 2. The van der Waals surface area contributed by atoms with Gasteiger partial charge in [0.05, 0.1) is 6.54 Å². The molecule has 0 aromatic heterocycles. The molecule has 0 N–H and O–H groups in total. The highest BCUT2D eigenvalue weighted by atomic mass is 16.1. The largest absolute Gasteiger partial charge is 0.341 e. The number of aldehydes is 1. The molecule has 0 aliphatic carbocycles. The Morgan fingerprint density at radius 3 is 3.00 bits per heavy atom. The van der Waals surface area contributed by atoms with Crippen molar-refractivity contribution in [2.45, 2.75) is 13.3 Å². The molecule has 1 rings (SSSR count). The van der Waals surface area contributed by atoms with E-state index in [0.29, 0.717) is 6.54 Å². The van der Waals surface area contributed by atoms with E-state index in [-0.39, 0.29) is 0 Å². The van der Waals surface area contributed by atoms with Crippen molar-refractivity contribution >= 4 is 6.29 Å². The molecular weight excluding hydrogens is 150 g/mol. The summed E-state index contributed by atoms with van der Waals surface area (Å²) in [7, 11) is 0. The van der Waals surface area contributed by atoms with Gasteiger partial charge in [0.15, 0.2) is 0 Å². The van der Waals surface area contributed by atoms with Crippen molar-refractivity contribution in [1.82, 2.24) is 4.90 Å². The molecule has 0 saturated heterocycles.